The van der Waals surface area contributed by atoms with E-state index in [-0.39, 0.29) is 0 Å². The maximum atomic E-state index is 4.40. The molecule has 0 saturated heterocycles. The number of aliphatic imine (C=N–C) groups is 1. The Labute approximate surface area is 104 Å². The lowest BCUT2D eigenvalue weighted by Gasteiger charge is -2.13. The Morgan fingerprint density at radius 2 is 2.06 bits per heavy atom. The van der Waals surface area contributed by atoms with E-state index in [2.05, 4.69) is 41.0 Å². The van der Waals surface area contributed by atoms with Crippen molar-refractivity contribution in [2.75, 3.05) is 0 Å². The van der Waals surface area contributed by atoms with Gasteiger partial charge in [-0.15, -0.1) is 0 Å². The van der Waals surface area contributed by atoms with Crippen molar-refractivity contribution >= 4 is 6.21 Å². The van der Waals surface area contributed by atoms with Gasteiger partial charge in [-0.2, -0.15) is 0 Å². The highest BCUT2D eigenvalue weighted by atomic mass is 14.9. The van der Waals surface area contributed by atoms with Crippen LogP contribution in [-0.4, -0.2) is 16.2 Å². The van der Waals surface area contributed by atoms with Gasteiger partial charge in [-0.25, -0.2) is 9.97 Å². The summed E-state index contributed by atoms with van der Waals surface area (Å²) in [5, 5.41) is 0. The Bertz CT molecular complexity index is 406. The second-order valence-electron chi connectivity index (χ2n) is 4.21. The highest BCUT2D eigenvalue weighted by molar-refractivity contribution is 5.53. The second kappa shape index (κ2) is 6.94. The molecule has 0 amide bonds. The maximum Gasteiger partial charge on any atom is 0.116 e. The van der Waals surface area contributed by atoms with Crippen LogP contribution in [0.15, 0.2) is 23.5 Å². The number of rotatable bonds is 5. The number of allylic oxidation sites excluding steroid dienone is 2. The van der Waals surface area contributed by atoms with Gasteiger partial charge >= 0.3 is 0 Å². The van der Waals surface area contributed by atoms with Gasteiger partial charge in [0.25, 0.3) is 0 Å². The van der Waals surface area contributed by atoms with Crippen molar-refractivity contribution in [3.63, 3.8) is 0 Å². The summed E-state index contributed by atoms with van der Waals surface area (Å²) in [4.78, 5) is 13.0. The zero-order valence-corrected chi connectivity index (χ0v) is 11.1. The standard InChI is InChI=1S/C14H21N3/c1-5-7-8-12-13(9-15-6-2)16-10-17-14(12)11(3)4/h5-7,10-11H,8-9H2,1-4H3. The zero-order valence-electron chi connectivity index (χ0n) is 11.1. The fourth-order valence-corrected chi connectivity index (χ4v) is 1.73. The topological polar surface area (TPSA) is 38.1 Å². The molecule has 17 heavy (non-hydrogen) atoms. The third kappa shape index (κ3) is 3.77. The third-order valence-electron chi connectivity index (χ3n) is 2.60. The lowest BCUT2D eigenvalue weighted by Crippen LogP contribution is -2.06. The summed E-state index contributed by atoms with van der Waals surface area (Å²) in [6, 6.07) is 0. The van der Waals surface area contributed by atoms with E-state index in [0.29, 0.717) is 12.5 Å². The number of nitrogens with zero attached hydrogens (tertiary/aromatic N) is 3. The monoisotopic (exact) mass is 231 g/mol. The molecule has 0 aliphatic heterocycles. The van der Waals surface area contributed by atoms with Gasteiger partial charge in [0.15, 0.2) is 0 Å². The van der Waals surface area contributed by atoms with Crippen LogP contribution in [0.4, 0.5) is 0 Å². The number of hydrogen-bond donors (Lipinski definition) is 0. The van der Waals surface area contributed by atoms with E-state index >= 15 is 0 Å². The molecule has 0 spiro atoms. The summed E-state index contributed by atoms with van der Waals surface area (Å²) < 4.78 is 0. The average Bonchev–Trinajstić information content (AvgIpc) is 2.33. The smallest absolute Gasteiger partial charge is 0.116 e. The van der Waals surface area contributed by atoms with Crippen molar-refractivity contribution in [3.8, 4) is 0 Å². The molecule has 0 aliphatic rings. The summed E-state index contributed by atoms with van der Waals surface area (Å²) >= 11 is 0. The molecule has 0 atom stereocenters. The molecule has 3 nitrogen and oxygen atoms in total. The number of hydrogen-bond acceptors (Lipinski definition) is 3. The van der Waals surface area contributed by atoms with Crippen LogP contribution < -0.4 is 0 Å². The minimum absolute atomic E-state index is 0.419. The van der Waals surface area contributed by atoms with Gasteiger partial charge in [0.2, 0.25) is 0 Å². The largest absolute Gasteiger partial charge is 0.291 e. The van der Waals surface area contributed by atoms with Crippen LogP contribution in [0.1, 0.15) is 50.6 Å². The van der Waals surface area contributed by atoms with Crippen LogP contribution in [0.5, 0.6) is 0 Å². The van der Waals surface area contributed by atoms with Gasteiger partial charge in [-0.1, -0.05) is 26.0 Å². The zero-order chi connectivity index (χ0) is 12.7. The second-order valence-corrected chi connectivity index (χ2v) is 4.21. The molecule has 1 rings (SSSR count). The first-order chi connectivity index (χ1) is 8.20. The van der Waals surface area contributed by atoms with Crippen molar-refractivity contribution in [3.05, 3.63) is 35.4 Å². The van der Waals surface area contributed by atoms with Crippen LogP contribution in [0, 0.1) is 0 Å². The van der Waals surface area contributed by atoms with Crippen molar-refractivity contribution in [1.82, 2.24) is 9.97 Å². The van der Waals surface area contributed by atoms with Crippen LogP contribution in [0.3, 0.4) is 0 Å². The van der Waals surface area contributed by atoms with Crippen molar-refractivity contribution in [2.24, 2.45) is 4.99 Å². The lowest BCUT2D eigenvalue weighted by atomic mass is 9.99. The summed E-state index contributed by atoms with van der Waals surface area (Å²) in [5.41, 5.74) is 3.41. The van der Waals surface area contributed by atoms with Gasteiger partial charge in [0, 0.05) is 5.56 Å². The highest BCUT2D eigenvalue weighted by Gasteiger charge is 2.12. The SMILES string of the molecule is CC=CCc1c(CN=CC)ncnc1C(C)C. The molecule has 0 aliphatic carbocycles. The van der Waals surface area contributed by atoms with Gasteiger partial charge in [0.1, 0.15) is 6.33 Å². The fraction of sp³-hybridized carbons (Fsp3) is 0.500. The molecule has 0 saturated carbocycles. The summed E-state index contributed by atoms with van der Waals surface area (Å²) in [6.07, 6.45) is 8.55. The average molecular weight is 231 g/mol. The molecule has 92 valence electrons. The van der Waals surface area contributed by atoms with Gasteiger partial charge < -0.3 is 0 Å². The van der Waals surface area contributed by atoms with Crippen molar-refractivity contribution < 1.29 is 0 Å². The molecule has 0 N–H and O–H groups in total. The molecule has 3 heteroatoms. The van der Waals surface area contributed by atoms with Crippen molar-refractivity contribution in [1.29, 1.82) is 0 Å². The molecular formula is C14H21N3. The predicted molar refractivity (Wildman–Crippen MR) is 72.5 cm³/mol. The Balaban J connectivity index is 3.13. The van der Waals surface area contributed by atoms with E-state index in [0.717, 1.165) is 17.8 Å². The Morgan fingerprint density at radius 3 is 2.65 bits per heavy atom. The number of aromatic nitrogens is 2. The van der Waals surface area contributed by atoms with Crippen LogP contribution in [0.2, 0.25) is 0 Å². The predicted octanol–water partition coefficient (Wildman–Crippen LogP) is 3.31. The lowest BCUT2D eigenvalue weighted by molar-refractivity contribution is 0.775. The van der Waals surface area contributed by atoms with Crippen LogP contribution >= 0.6 is 0 Å². The minimum Gasteiger partial charge on any atom is -0.291 e. The first-order valence-corrected chi connectivity index (χ1v) is 6.08. The molecule has 0 fully saturated rings. The van der Waals surface area contributed by atoms with E-state index in [9.17, 15) is 0 Å². The minimum atomic E-state index is 0.419. The molecular weight excluding hydrogens is 210 g/mol. The van der Waals surface area contributed by atoms with Crippen LogP contribution in [0.25, 0.3) is 0 Å². The summed E-state index contributed by atoms with van der Waals surface area (Å²) in [7, 11) is 0. The quantitative estimate of drug-likeness (QED) is 0.576. The third-order valence-corrected chi connectivity index (χ3v) is 2.60. The molecule has 0 bridgehead atoms. The normalized spacial score (nSPS) is 12.1. The van der Waals surface area contributed by atoms with E-state index in [4.69, 9.17) is 0 Å². The molecule has 1 aromatic heterocycles. The Morgan fingerprint density at radius 1 is 1.29 bits per heavy atom. The van der Waals surface area contributed by atoms with E-state index < -0.39 is 0 Å². The molecule has 1 aromatic rings. The first-order valence-electron chi connectivity index (χ1n) is 6.08. The van der Waals surface area contributed by atoms with Gasteiger partial charge in [-0.05, 0) is 32.4 Å². The Kier molecular flexibility index (Phi) is 5.53. The van der Waals surface area contributed by atoms with Crippen molar-refractivity contribution in [2.45, 2.75) is 46.6 Å². The summed E-state index contributed by atoms with van der Waals surface area (Å²) in [6.45, 7) is 8.92. The van der Waals surface area contributed by atoms with E-state index in [1.165, 1.54) is 5.56 Å². The molecule has 0 radical (unpaired) electrons. The first kappa shape index (κ1) is 13.6. The van der Waals surface area contributed by atoms with E-state index in [1.54, 1.807) is 6.33 Å². The van der Waals surface area contributed by atoms with Gasteiger partial charge in [-0.3, -0.25) is 4.99 Å². The molecule has 0 aromatic carbocycles. The fourth-order valence-electron chi connectivity index (χ4n) is 1.73. The molecule has 1 heterocycles. The van der Waals surface area contributed by atoms with Gasteiger partial charge in [0.05, 0.1) is 17.9 Å². The Hall–Kier alpha value is -1.51. The molecule has 0 unspecified atom stereocenters. The van der Waals surface area contributed by atoms with E-state index in [1.807, 2.05) is 20.1 Å². The van der Waals surface area contributed by atoms with Crippen LogP contribution in [-0.2, 0) is 13.0 Å². The highest BCUT2D eigenvalue weighted by Crippen LogP contribution is 2.20. The summed E-state index contributed by atoms with van der Waals surface area (Å²) in [5.74, 6) is 0.419. The maximum absolute atomic E-state index is 4.40.